The SMILES string of the molecule is CCC(CC)CNC(=O)N1CCC(C)(C(=O)O)CC1. The van der Waals surface area contributed by atoms with E-state index in [0.717, 1.165) is 12.8 Å². The molecule has 0 saturated carbocycles. The third kappa shape index (κ3) is 4.11. The number of amides is 2. The standard InChI is InChI=1S/C14H26N2O3/c1-4-11(5-2)10-15-13(19)16-8-6-14(3,7-9-16)12(17)18/h11H,4-10H2,1-3H3,(H,15,19)(H,17,18). The minimum Gasteiger partial charge on any atom is -0.481 e. The molecule has 0 aromatic carbocycles. The molecule has 2 amide bonds. The first-order valence-corrected chi connectivity index (χ1v) is 7.19. The predicted octanol–water partition coefficient (Wildman–Crippen LogP) is 2.32. The van der Waals surface area contributed by atoms with E-state index in [2.05, 4.69) is 19.2 Å². The van der Waals surface area contributed by atoms with Crippen molar-refractivity contribution >= 4 is 12.0 Å². The van der Waals surface area contributed by atoms with Gasteiger partial charge in [-0.05, 0) is 25.7 Å². The molecule has 1 heterocycles. The van der Waals surface area contributed by atoms with Crippen molar-refractivity contribution < 1.29 is 14.7 Å². The summed E-state index contributed by atoms with van der Waals surface area (Å²) >= 11 is 0. The van der Waals surface area contributed by atoms with Crippen molar-refractivity contribution in [3.63, 3.8) is 0 Å². The Kier molecular flexibility index (Phi) is 5.63. The first-order valence-electron chi connectivity index (χ1n) is 7.19. The van der Waals surface area contributed by atoms with Crippen molar-refractivity contribution in [2.45, 2.75) is 46.5 Å². The van der Waals surface area contributed by atoms with Gasteiger partial charge in [-0.1, -0.05) is 26.7 Å². The molecule has 1 saturated heterocycles. The highest BCUT2D eigenvalue weighted by Gasteiger charge is 2.37. The number of piperidine rings is 1. The molecule has 0 unspecified atom stereocenters. The van der Waals surface area contributed by atoms with Crippen LogP contribution in [0.15, 0.2) is 0 Å². The number of carboxylic acid groups (broad SMARTS) is 1. The first-order chi connectivity index (χ1) is 8.92. The maximum Gasteiger partial charge on any atom is 0.317 e. The predicted molar refractivity (Wildman–Crippen MR) is 74.0 cm³/mol. The van der Waals surface area contributed by atoms with Crippen LogP contribution in [-0.2, 0) is 4.79 Å². The highest BCUT2D eigenvalue weighted by molar-refractivity contribution is 5.76. The topological polar surface area (TPSA) is 69.6 Å². The zero-order valence-electron chi connectivity index (χ0n) is 12.2. The second-order valence-electron chi connectivity index (χ2n) is 5.72. The summed E-state index contributed by atoms with van der Waals surface area (Å²) < 4.78 is 0. The minimum absolute atomic E-state index is 0.0562. The molecule has 5 heteroatoms. The summed E-state index contributed by atoms with van der Waals surface area (Å²) in [6.45, 7) is 7.77. The van der Waals surface area contributed by atoms with E-state index >= 15 is 0 Å². The first kappa shape index (κ1) is 15.8. The fourth-order valence-electron chi connectivity index (χ4n) is 2.34. The van der Waals surface area contributed by atoms with Crippen molar-refractivity contribution in [2.75, 3.05) is 19.6 Å². The molecule has 0 aliphatic carbocycles. The van der Waals surface area contributed by atoms with Crippen LogP contribution in [0.25, 0.3) is 0 Å². The summed E-state index contributed by atoms with van der Waals surface area (Å²) in [7, 11) is 0. The zero-order chi connectivity index (χ0) is 14.5. The second-order valence-corrected chi connectivity index (χ2v) is 5.72. The van der Waals surface area contributed by atoms with E-state index in [1.54, 1.807) is 11.8 Å². The lowest BCUT2D eigenvalue weighted by atomic mass is 9.80. The van der Waals surface area contributed by atoms with Crippen LogP contribution in [-0.4, -0.2) is 41.6 Å². The van der Waals surface area contributed by atoms with Crippen LogP contribution in [0.1, 0.15) is 46.5 Å². The quantitative estimate of drug-likeness (QED) is 0.805. The van der Waals surface area contributed by atoms with Crippen LogP contribution in [0.3, 0.4) is 0 Å². The molecule has 0 bridgehead atoms. The average Bonchev–Trinajstić information content (AvgIpc) is 2.40. The summed E-state index contributed by atoms with van der Waals surface area (Å²) in [5.74, 6) is -0.234. The lowest BCUT2D eigenvalue weighted by molar-refractivity contribution is -0.150. The molecule has 5 nitrogen and oxygen atoms in total. The molecule has 0 radical (unpaired) electrons. The number of carboxylic acids is 1. The number of aliphatic carboxylic acids is 1. The van der Waals surface area contributed by atoms with E-state index in [1.165, 1.54) is 0 Å². The van der Waals surface area contributed by atoms with Gasteiger partial charge in [0.05, 0.1) is 5.41 Å². The number of nitrogens with one attached hydrogen (secondary N) is 1. The molecular formula is C14H26N2O3. The number of likely N-dealkylation sites (tertiary alicyclic amines) is 1. The van der Waals surface area contributed by atoms with Gasteiger partial charge in [0, 0.05) is 19.6 Å². The van der Waals surface area contributed by atoms with Crippen LogP contribution in [0.4, 0.5) is 4.79 Å². The zero-order valence-corrected chi connectivity index (χ0v) is 12.2. The maximum atomic E-state index is 12.0. The number of urea groups is 1. The third-order valence-electron chi connectivity index (χ3n) is 4.37. The molecule has 0 aromatic heterocycles. The fraction of sp³-hybridized carbons (Fsp3) is 0.857. The van der Waals surface area contributed by atoms with E-state index in [9.17, 15) is 9.59 Å². The van der Waals surface area contributed by atoms with Gasteiger partial charge in [0.1, 0.15) is 0 Å². The van der Waals surface area contributed by atoms with Crippen molar-refractivity contribution in [2.24, 2.45) is 11.3 Å². The molecular weight excluding hydrogens is 244 g/mol. The molecule has 1 fully saturated rings. The highest BCUT2D eigenvalue weighted by Crippen LogP contribution is 2.30. The minimum atomic E-state index is -0.760. The van der Waals surface area contributed by atoms with Gasteiger partial charge in [0.25, 0.3) is 0 Å². The Balaban J connectivity index is 2.39. The van der Waals surface area contributed by atoms with Crippen molar-refractivity contribution in [1.82, 2.24) is 10.2 Å². The highest BCUT2D eigenvalue weighted by atomic mass is 16.4. The van der Waals surface area contributed by atoms with Gasteiger partial charge in [-0.15, -0.1) is 0 Å². The summed E-state index contributed by atoms with van der Waals surface area (Å²) in [6.07, 6.45) is 3.18. The molecule has 0 atom stereocenters. The average molecular weight is 270 g/mol. The maximum absolute atomic E-state index is 12.0. The summed E-state index contributed by atoms with van der Waals surface area (Å²) in [5.41, 5.74) is -0.674. The molecule has 0 spiro atoms. The Morgan fingerprint density at radius 1 is 1.26 bits per heavy atom. The number of carbonyl (C=O) groups excluding carboxylic acids is 1. The van der Waals surface area contributed by atoms with E-state index in [1.807, 2.05) is 0 Å². The third-order valence-corrected chi connectivity index (χ3v) is 4.37. The van der Waals surface area contributed by atoms with Crippen LogP contribution < -0.4 is 5.32 Å². The van der Waals surface area contributed by atoms with E-state index in [4.69, 9.17) is 5.11 Å². The van der Waals surface area contributed by atoms with Crippen LogP contribution in [0.2, 0.25) is 0 Å². The lowest BCUT2D eigenvalue weighted by Gasteiger charge is -2.36. The Bertz CT molecular complexity index is 319. The van der Waals surface area contributed by atoms with Gasteiger partial charge in [-0.25, -0.2) is 4.79 Å². The van der Waals surface area contributed by atoms with Gasteiger partial charge in [0.2, 0.25) is 0 Å². The Hall–Kier alpha value is -1.26. The smallest absolute Gasteiger partial charge is 0.317 e. The summed E-state index contributed by atoms with van der Waals surface area (Å²) in [5, 5.41) is 12.1. The van der Waals surface area contributed by atoms with Crippen LogP contribution in [0, 0.1) is 11.3 Å². The van der Waals surface area contributed by atoms with E-state index in [0.29, 0.717) is 38.4 Å². The second kappa shape index (κ2) is 6.78. The van der Waals surface area contributed by atoms with E-state index in [-0.39, 0.29) is 6.03 Å². The van der Waals surface area contributed by atoms with Crippen LogP contribution in [0.5, 0.6) is 0 Å². The van der Waals surface area contributed by atoms with Gasteiger partial charge in [-0.3, -0.25) is 4.79 Å². The normalized spacial score (nSPS) is 18.4. The largest absolute Gasteiger partial charge is 0.481 e. The number of rotatable bonds is 5. The molecule has 19 heavy (non-hydrogen) atoms. The molecule has 0 aromatic rings. The van der Waals surface area contributed by atoms with E-state index < -0.39 is 11.4 Å². The summed E-state index contributed by atoms with van der Waals surface area (Å²) in [6, 6.07) is -0.0562. The Morgan fingerprint density at radius 3 is 2.21 bits per heavy atom. The Morgan fingerprint density at radius 2 is 1.79 bits per heavy atom. The van der Waals surface area contributed by atoms with Gasteiger partial charge < -0.3 is 15.3 Å². The monoisotopic (exact) mass is 270 g/mol. The van der Waals surface area contributed by atoms with Gasteiger partial charge in [0.15, 0.2) is 0 Å². The van der Waals surface area contributed by atoms with Crippen molar-refractivity contribution in [3.8, 4) is 0 Å². The molecule has 1 aliphatic heterocycles. The van der Waals surface area contributed by atoms with Gasteiger partial charge in [-0.2, -0.15) is 0 Å². The molecule has 110 valence electrons. The van der Waals surface area contributed by atoms with Crippen molar-refractivity contribution in [1.29, 1.82) is 0 Å². The molecule has 2 N–H and O–H groups in total. The number of hydrogen-bond acceptors (Lipinski definition) is 2. The number of nitrogens with zero attached hydrogens (tertiary/aromatic N) is 1. The molecule has 1 aliphatic rings. The number of hydrogen-bond donors (Lipinski definition) is 2. The van der Waals surface area contributed by atoms with Crippen LogP contribution >= 0.6 is 0 Å². The Labute approximate surface area is 115 Å². The lowest BCUT2D eigenvalue weighted by Crippen LogP contribution is -2.49. The summed E-state index contributed by atoms with van der Waals surface area (Å²) in [4.78, 5) is 24.8. The fourth-order valence-corrected chi connectivity index (χ4v) is 2.34. The number of carbonyl (C=O) groups is 2. The van der Waals surface area contributed by atoms with Crippen molar-refractivity contribution in [3.05, 3.63) is 0 Å². The van der Waals surface area contributed by atoms with Gasteiger partial charge >= 0.3 is 12.0 Å². The molecule has 1 rings (SSSR count).